The van der Waals surface area contributed by atoms with Gasteiger partial charge in [0.05, 0.1) is 43.5 Å². The van der Waals surface area contributed by atoms with E-state index in [1.54, 1.807) is 24.3 Å². The second-order valence-corrected chi connectivity index (χ2v) is 17.7. The van der Waals surface area contributed by atoms with Gasteiger partial charge in [0.2, 0.25) is 10.0 Å². The normalized spacial score (nSPS) is 15.8. The Bertz CT molecular complexity index is 1880. The SMILES string of the molecule is CC(C)CN(C[C@@H](O)[C@H](Cc1ccc(OCP(=O)(OCc2ccccc2)OCc2ccccc2)cc1)NC(=O)OC1CCOC1)S(=O)(=O)c1ccc(N)cc1. The molecule has 0 spiro atoms. The average Bonchev–Trinajstić information content (AvgIpc) is 3.69. The maximum atomic E-state index is 13.9. The number of amides is 1. The van der Waals surface area contributed by atoms with Crippen LogP contribution in [0.4, 0.5) is 10.5 Å². The Morgan fingerprint density at radius 2 is 1.49 bits per heavy atom. The van der Waals surface area contributed by atoms with Crippen molar-refractivity contribution in [2.45, 2.75) is 63.0 Å². The van der Waals surface area contributed by atoms with Crippen LogP contribution in [0.3, 0.4) is 0 Å². The Balaban J connectivity index is 1.29. The van der Waals surface area contributed by atoms with Gasteiger partial charge in [-0.25, -0.2) is 13.2 Å². The van der Waals surface area contributed by atoms with Crippen molar-refractivity contribution in [3.63, 3.8) is 0 Å². The number of carbonyl (C=O) groups is 1. The van der Waals surface area contributed by atoms with Gasteiger partial charge in [0, 0.05) is 25.2 Å². The highest BCUT2D eigenvalue weighted by Gasteiger charge is 2.33. The molecule has 1 heterocycles. The molecule has 15 heteroatoms. The summed E-state index contributed by atoms with van der Waals surface area (Å²) in [6, 6.07) is 30.4. The monoisotopic (exact) mass is 795 g/mol. The van der Waals surface area contributed by atoms with Crippen LogP contribution in [0.2, 0.25) is 0 Å². The third-order valence-electron chi connectivity index (χ3n) is 8.72. The van der Waals surface area contributed by atoms with Crippen molar-refractivity contribution < 1.29 is 46.1 Å². The second-order valence-electron chi connectivity index (χ2n) is 13.7. The van der Waals surface area contributed by atoms with Crippen LogP contribution in [0.25, 0.3) is 0 Å². The number of hydrogen-bond donors (Lipinski definition) is 3. The minimum Gasteiger partial charge on any atom is -0.481 e. The Hall–Kier alpha value is -4.27. The van der Waals surface area contributed by atoms with E-state index in [1.165, 1.54) is 28.6 Å². The molecular weight excluding hydrogens is 745 g/mol. The van der Waals surface area contributed by atoms with Gasteiger partial charge in [-0.15, -0.1) is 0 Å². The smallest absolute Gasteiger partial charge is 0.407 e. The van der Waals surface area contributed by atoms with Crippen LogP contribution < -0.4 is 15.8 Å². The zero-order chi connectivity index (χ0) is 39.3. The molecule has 1 unspecified atom stereocenters. The molecule has 3 atom stereocenters. The van der Waals surface area contributed by atoms with Crippen LogP contribution in [-0.2, 0) is 52.7 Å². The molecule has 1 fully saturated rings. The van der Waals surface area contributed by atoms with E-state index in [4.69, 9.17) is 29.0 Å². The molecule has 4 aromatic carbocycles. The summed E-state index contributed by atoms with van der Waals surface area (Å²) >= 11 is 0. The quantitative estimate of drug-likeness (QED) is 0.0670. The molecule has 0 aromatic heterocycles. The predicted octanol–water partition coefficient (Wildman–Crippen LogP) is 6.37. The summed E-state index contributed by atoms with van der Waals surface area (Å²) < 4.78 is 71.0. The van der Waals surface area contributed by atoms with E-state index in [0.717, 1.165) is 11.1 Å². The highest BCUT2D eigenvalue weighted by Crippen LogP contribution is 2.49. The van der Waals surface area contributed by atoms with Crippen molar-refractivity contribution in [1.82, 2.24) is 9.62 Å². The largest absolute Gasteiger partial charge is 0.481 e. The molecule has 1 aliphatic rings. The van der Waals surface area contributed by atoms with Crippen molar-refractivity contribution >= 4 is 29.4 Å². The van der Waals surface area contributed by atoms with Gasteiger partial charge in [-0.05, 0) is 65.4 Å². The maximum Gasteiger partial charge on any atom is 0.407 e. The van der Waals surface area contributed by atoms with Gasteiger partial charge in [-0.1, -0.05) is 86.6 Å². The van der Waals surface area contributed by atoms with Crippen molar-refractivity contribution in [1.29, 1.82) is 0 Å². The zero-order valence-corrected chi connectivity index (χ0v) is 32.8. The molecule has 0 bridgehead atoms. The molecule has 4 N–H and O–H groups in total. The second kappa shape index (κ2) is 20.1. The van der Waals surface area contributed by atoms with Gasteiger partial charge in [-0.2, -0.15) is 4.31 Å². The fourth-order valence-electron chi connectivity index (χ4n) is 5.76. The number of aliphatic hydroxyl groups is 1. The molecule has 5 rings (SSSR count). The van der Waals surface area contributed by atoms with Gasteiger partial charge in [-0.3, -0.25) is 4.57 Å². The Morgan fingerprint density at radius 3 is 2.04 bits per heavy atom. The fraction of sp³-hybridized carbons (Fsp3) is 0.375. The van der Waals surface area contributed by atoms with Crippen LogP contribution >= 0.6 is 7.60 Å². The van der Waals surface area contributed by atoms with E-state index < -0.39 is 42.0 Å². The first-order valence-electron chi connectivity index (χ1n) is 18.1. The number of ether oxygens (including phenoxy) is 3. The topological polar surface area (TPSA) is 176 Å². The molecule has 1 saturated heterocycles. The van der Waals surface area contributed by atoms with Crippen LogP contribution in [0.1, 0.15) is 37.0 Å². The molecule has 13 nitrogen and oxygen atoms in total. The Morgan fingerprint density at radius 1 is 0.891 bits per heavy atom. The van der Waals surface area contributed by atoms with E-state index in [2.05, 4.69) is 5.32 Å². The first-order chi connectivity index (χ1) is 26.4. The molecule has 0 aliphatic carbocycles. The first-order valence-corrected chi connectivity index (χ1v) is 21.3. The van der Waals surface area contributed by atoms with Crippen LogP contribution in [0.15, 0.2) is 114 Å². The number of rotatable bonds is 20. The van der Waals surface area contributed by atoms with E-state index in [1.807, 2.05) is 74.5 Å². The Kier molecular flexibility index (Phi) is 15.3. The van der Waals surface area contributed by atoms with Crippen molar-refractivity contribution in [3.05, 3.63) is 126 Å². The maximum absolute atomic E-state index is 13.9. The van der Waals surface area contributed by atoms with Crippen LogP contribution in [-0.4, -0.2) is 74.8 Å². The number of carbonyl (C=O) groups excluding carboxylic acids is 1. The van der Waals surface area contributed by atoms with Crippen molar-refractivity contribution in [2.24, 2.45) is 5.92 Å². The lowest BCUT2D eigenvalue weighted by Gasteiger charge is -2.30. The summed E-state index contributed by atoms with van der Waals surface area (Å²) in [6.45, 7) is 4.45. The molecule has 296 valence electrons. The summed E-state index contributed by atoms with van der Waals surface area (Å²) in [7, 11) is -7.77. The number of anilines is 1. The number of aliphatic hydroxyl groups excluding tert-OH is 1. The summed E-state index contributed by atoms with van der Waals surface area (Å²) in [5.41, 5.74) is 8.57. The fourth-order valence-corrected chi connectivity index (χ4v) is 8.61. The lowest BCUT2D eigenvalue weighted by molar-refractivity contribution is 0.0644. The lowest BCUT2D eigenvalue weighted by Crippen LogP contribution is -2.51. The van der Waals surface area contributed by atoms with Crippen LogP contribution in [0, 0.1) is 5.92 Å². The number of alkyl carbamates (subject to hydrolysis) is 1. The number of benzene rings is 4. The van der Waals surface area contributed by atoms with Crippen LogP contribution in [0.5, 0.6) is 5.75 Å². The molecule has 1 amide bonds. The van der Waals surface area contributed by atoms with Gasteiger partial charge in [0.15, 0.2) is 6.35 Å². The summed E-state index contributed by atoms with van der Waals surface area (Å²) in [4.78, 5) is 13.1. The van der Waals surface area contributed by atoms with Gasteiger partial charge in [0.25, 0.3) is 0 Å². The summed E-state index contributed by atoms with van der Waals surface area (Å²) in [5, 5.41) is 14.4. The molecule has 0 saturated carbocycles. The number of sulfonamides is 1. The molecule has 4 aromatic rings. The van der Waals surface area contributed by atoms with Gasteiger partial charge < -0.3 is 39.4 Å². The molecule has 0 radical (unpaired) electrons. The van der Waals surface area contributed by atoms with E-state index in [9.17, 15) is 22.9 Å². The minimum atomic E-state index is -4.03. The lowest BCUT2D eigenvalue weighted by atomic mass is 10.0. The third kappa shape index (κ3) is 13.2. The number of nitrogens with zero attached hydrogens (tertiary/aromatic N) is 1. The third-order valence-corrected chi connectivity index (χ3v) is 12.1. The standard InChI is InChI=1S/C40H50N3O10PS/c1-30(2)24-43(55(47,48)37-19-15-34(41)16-20-37)25-39(44)38(42-40(45)53-36-21-22-49-28-36)23-31-13-17-35(18-14-31)50-29-54(46,51-26-32-9-5-3-6-10-32)52-27-33-11-7-4-8-12-33/h3-20,30,36,38-39,44H,21-29,41H2,1-2H3,(H,42,45)/t36?,38-,39+/m0/s1. The first kappa shape index (κ1) is 41.9. The van der Waals surface area contributed by atoms with Crippen molar-refractivity contribution in [2.75, 3.05) is 38.4 Å². The van der Waals surface area contributed by atoms with E-state index >= 15 is 0 Å². The zero-order valence-electron chi connectivity index (χ0n) is 31.1. The number of nitrogens with one attached hydrogen (secondary N) is 1. The summed E-state index contributed by atoms with van der Waals surface area (Å²) in [6.07, 6.45) is -2.20. The van der Waals surface area contributed by atoms with E-state index in [0.29, 0.717) is 30.0 Å². The van der Waals surface area contributed by atoms with Gasteiger partial charge in [0.1, 0.15) is 11.9 Å². The molecule has 1 aliphatic heterocycles. The number of hydrogen-bond acceptors (Lipinski definition) is 11. The number of nitrogens with two attached hydrogens (primary N) is 1. The number of nitrogen functional groups attached to an aromatic ring is 1. The molecular formula is C40H50N3O10PS. The average molecular weight is 796 g/mol. The van der Waals surface area contributed by atoms with Gasteiger partial charge >= 0.3 is 13.7 Å². The van der Waals surface area contributed by atoms with E-state index in [-0.39, 0.29) is 56.5 Å². The van der Waals surface area contributed by atoms with Crippen molar-refractivity contribution in [3.8, 4) is 5.75 Å². The highest BCUT2D eigenvalue weighted by molar-refractivity contribution is 7.89. The summed E-state index contributed by atoms with van der Waals surface area (Å²) in [5.74, 6) is 0.323. The minimum absolute atomic E-state index is 0.0377. The molecule has 55 heavy (non-hydrogen) atoms. The highest BCUT2D eigenvalue weighted by atomic mass is 32.2. The predicted molar refractivity (Wildman–Crippen MR) is 209 cm³/mol. The Labute approximate surface area is 323 Å².